The van der Waals surface area contributed by atoms with Gasteiger partial charge in [-0.3, -0.25) is 14.0 Å². The number of rotatable bonds is 6. The Morgan fingerprint density at radius 1 is 1.44 bits per heavy atom. The Morgan fingerprint density at radius 2 is 2.28 bits per heavy atom. The third-order valence-corrected chi connectivity index (χ3v) is 5.29. The lowest BCUT2D eigenvalue weighted by molar-refractivity contribution is -0.113. The monoisotopic (exact) mass is 395 g/mol. The lowest BCUT2D eigenvalue weighted by Gasteiger charge is -2.08. The zero-order valence-corrected chi connectivity index (χ0v) is 15.6. The molecule has 0 radical (unpaired) electrons. The van der Waals surface area contributed by atoms with E-state index in [0.29, 0.717) is 32.9 Å². The number of hydrogen-bond acceptors (Lipinski definition) is 6. The van der Waals surface area contributed by atoms with Crippen LogP contribution in [0.15, 0.2) is 40.6 Å². The van der Waals surface area contributed by atoms with Gasteiger partial charge in [0, 0.05) is 29.1 Å². The summed E-state index contributed by atoms with van der Waals surface area (Å²) >= 11 is 8.82. The number of nitrogens with one attached hydrogen (secondary N) is 1. The van der Waals surface area contributed by atoms with Gasteiger partial charge in [-0.1, -0.05) is 11.6 Å². The van der Waals surface area contributed by atoms with Crippen molar-refractivity contribution in [2.24, 2.45) is 0 Å². The van der Waals surface area contributed by atoms with Crippen LogP contribution >= 0.6 is 34.7 Å². The second-order valence-electron chi connectivity index (χ2n) is 5.03. The molecule has 2 aromatic heterocycles. The van der Waals surface area contributed by atoms with Crippen molar-refractivity contribution in [1.82, 2.24) is 9.38 Å². The number of thiazole rings is 1. The molecular weight excluding hydrogens is 382 g/mol. The standard InChI is InChI=1S/C16H14ClN3O3S2/c1-23-13-3-2-10(6-12(13)17)18-14(21)9-24-8-11-7-15(22)20-4-5-25-16(20)19-11/h2-7H,8-9H2,1H3,(H,18,21). The van der Waals surface area contributed by atoms with Gasteiger partial charge in [0.15, 0.2) is 4.96 Å². The lowest BCUT2D eigenvalue weighted by Crippen LogP contribution is -2.15. The van der Waals surface area contributed by atoms with Crippen LogP contribution in [0.1, 0.15) is 5.69 Å². The first kappa shape index (κ1) is 17.8. The van der Waals surface area contributed by atoms with Crippen molar-refractivity contribution in [3.8, 4) is 5.75 Å². The predicted molar refractivity (Wildman–Crippen MR) is 102 cm³/mol. The van der Waals surface area contributed by atoms with Crippen LogP contribution in [0.3, 0.4) is 0 Å². The normalized spacial score (nSPS) is 10.8. The first-order chi connectivity index (χ1) is 12.1. The quantitative estimate of drug-likeness (QED) is 0.693. The Bertz CT molecular complexity index is 971. The average Bonchev–Trinajstić information content (AvgIpc) is 3.04. The first-order valence-corrected chi connectivity index (χ1v) is 9.65. The van der Waals surface area contributed by atoms with Crippen LogP contribution in [0.25, 0.3) is 4.96 Å². The molecule has 0 aliphatic heterocycles. The summed E-state index contributed by atoms with van der Waals surface area (Å²) in [6.45, 7) is 0. The fraction of sp³-hybridized carbons (Fsp3) is 0.188. The van der Waals surface area contributed by atoms with Gasteiger partial charge in [0.05, 0.1) is 23.6 Å². The molecule has 1 N–H and O–H groups in total. The molecule has 25 heavy (non-hydrogen) atoms. The van der Waals surface area contributed by atoms with E-state index >= 15 is 0 Å². The van der Waals surface area contributed by atoms with E-state index in [1.54, 1.807) is 24.4 Å². The van der Waals surface area contributed by atoms with Crippen molar-refractivity contribution in [2.45, 2.75) is 5.75 Å². The number of fused-ring (bicyclic) bond motifs is 1. The van der Waals surface area contributed by atoms with Gasteiger partial charge in [-0.25, -0.2) is 4.98 Å². The minimum absolute atomic E-state index is 0.112. The minimum atomic E-state index is -0.153. The maximum atomic E-state index is 12.0. The van der Waals surface area contributed by atoms with Crippen molar-refractivity contribution >= 4 is 51.3 Å². The number of amides is 1. The zero-order chi connectivity index (χ0) is 17.8. The number of methoxy groups -OCH3 is 1. The van der Waals surface area contributed by atoms with Crippen LogP contribution in [-0.4, -0.2) is 28.2 Å². The fourth-order valence-corrected chi connectivity index (χ4v) is 3.86. The van der Waals surface area contributed by atoms with Crippen LogP contribution < -0.4 is 15.6 Å². The van der Waals surface area contributed by atoms with Gasteiger partial charge >= 0.3 is 0 Å². The molecule has 3 rings (SSSR count). The molecule has 130 valence electrons. The second-order valence-corrected chi connectivity index (χ2v) is 7.30. The van der Waals surface area contributed by atoms with Gasteiger partial charge in [-0.05, 0) is 18.2 Å². The van der Waals surface area contributed by atoms with E-state index in [-0.39, 0.29) is 17.2 Å². The van der Waals surface area contributed by atoms with E-state index in [9.17, 15) is 9.59 Å². The van der Waals surface area contributed by atoms with Crippen LogP contribution in [0.5, 0.6) is 5.75 Å². The number of carbonyl (C=O) groups is 1. The Labute approximate surface area is 156 Å². The van der Waals surface area contributed by atoms with Crippen LogP contribution in [0.4, 0.5) is 5.69 Å². The predicted octanol–water partition coefficient (Wildman–Crippen LogP) is 3.29. The maximum Gasteiger partial charge on any atom is 0.258 e. The van der Waals surface area contributed by atoms with Gasteiger partial charge < -0.3 is 10.1 Å². The van der Waals surface area contributed by atoms with Gasteiger partial charge in [0.1, 0.15) is 5.75 Å². The highest BCUT2D eigenvalue weighted by Crippen LogP contribution is 2.27. The summed E-state index contributed by atoms with van der Waals surface area (Å²) < 4.78 is 6.57. The Morgan fingerprint density at radius 3 is 3.04 bits per heavy atom. The average molecular weight is 396 g/mol. The van der Waals surface area contributed by atoms with E-state index in [0.717, 1.165) is 0 Å². The van der Waals surface area contributed by atoms with E-state index < -0.39 is 0 Å². The number of thioether (sulfide) groups is 1. The highest BCUT2D eigenvalue weighted by Gasteiger charge is 2.08. The maximum absolute atomic E-state index is 12.0. The largest absolute Gasteiger partial charge is 0.495 e. The number of aromatic nitrogens is 2. The zero-order valence-electron chi connectivity index (χ0n) is 13.2. The smallest absolute Gasteiger partial charge is 0.258 e. The molecule has 9 heteroatoms. The molecule has 0 atom stereocenters. The molecule has 0 saturated carbocycles. The molecular formula is C16H14ClN3O3S2. The molecule has 1 amide bonds. The number of anilines is 1. The molecule has 0 unspecified atom stereocenters. The third kappa shape index (κ3) is 4.33. The Kier molecular flexibility index (Phi) is 5.62. The number of carbonyl (C=O) groups excluding carboxylic acids is 1. The fourth-order valence-electron chi connectivity index (χ4n) is 2.15. The van der Waals surface area contributed by atoms with Crippen molar-refractivity contribution in [2.75, 3.05) is 18.2 Å². The summed E-state index contributed by atoms with van der Waals surface area (Å²) in [6.07, 6.45) is 1.69. The SMILES string of the molecule is COc1ccc(NC(=O)CSCc2cc(=O)n3ccsc3n2)cc1Cl. The number of benzene rings is 1. The first-order valence-electron chi connectivity index (χ1n) is 7.24. The van der Waals surface area contributed by atoms with Crippen LogP contribution in [0.2, 0.25) is 5.02 Å². The highest BCUT2D eigenvalue weighted by atomic mass is 35.5. The van der Waals surface area contributed by atoms with E-state index in [4.69, 9.17) is 16.3 Å². The van der Waals surface area contributed by atoms with Crippen LogP contribution in [0, 0.1) is 0 Å². The van der Waals surface area contributed by atoms with E-state index in [1.807, 2.05) is 5.38 Å². The van der Waals surface area contributed by atoms with Crippen LogP contribution in [-0.2, 0) is 10.5 Å². The molecule has 0 bridgehead atoms. The van der Waals surface area contributed by atoms with E-state index in [2.05, 4.69) is 10.3 Å². The van der Waals surface area contributed by atoms with Crippen molar-refractivity contribution < 1.29 is 9.53 Å². The molecule has 2 heterocycles. The second kappa shape index (κ2) is 7.90. The molecule has 0 saturated heterocycles. The summed E-state index contributed by atoms with van der Waals surface area (Å²) in [5.41, 5.74) is 1.16. The highest BCUT2D eigenvalue weighted by molar-refractivity contribution is 7.99. The van der Waals surface area contributed by atoms with E-state index in [1.165, 1.54) is 40.7 Å². The van der Waals surface area contributed by atoms with Gasteiger partial charge in [-0.15, -0.1) is 23.1 Å². The Balaban J connectivity index is 1.55. The molecule has 0 aliphatic carbocycles. The van der Waals surface area contributed by atoms with Gasteiger partial charge in [-0.2, -0.15) is 0 Å². The van der Waals surface area contributed by atoms with Gasteiger partial charge in [0.2, 0.25) is 5.91 Å². The molecule has 0 aliphatic rings. The van der Waals surface area contributed by atoms with Crippen molar-refractivity contribution in [1.29, 1.82) is 0 Å². The summed E-state index contributed by atoms with van der Waals surface area (Å²) in [7, 11) is 1.53. The number of nitrogens with zero attached hydrogens (tertiary/aromatic N) is 2. The summed E-state index contributed by atoms with van der Waals surface area (Å²) in [4.78, 5) is 29.0. The van der Waals surface area contributed by atoms with Crippen molar-refractivity contribution in [3.05, 3.63) is 56.9 Å². The number of ether oxygens (including phenoxy) is 1. The third-order valence-electron chi connectivity index (χ3n) is 3.27. The Hall–Kier alpha value is -2.03. The summed E-state index contributed by atoms with van der Waals surface area (Å²) in [5, 5.41) is 5.02. The van der Waals surface area contributed by atoms with Crippen molar-refractivity contribution in [3.63, 3.8) is 0 Å². The number of hydrogen-bond donors (Lipinski definition) is 1. The summed E-state index contributed by atoms with van der Waals surface area (Å²) in [6, 6.07) is 6.54. The lowest BCUT2D eigenvalue weighted by atomic mass is 10.3. The minimum Gasteiger partial charge on any atom is -0.495 e. The molecule has 0 spiro atoms. The summed E-state index contributed by atoms with van der Waals surface area (Å²) in [5.74, 6) is 1.13. The molecule has 6 nitrogen and oxygen atoms in total. The molecule has 3 aromatic rings. The molecule has 1 aromatic carbocycles. The number of halogens is 1. The molecule has 0 fully saturated rings. The topological polar surface area (TPSA) is 72.7 Å². The van der Waals surface area contributed by atoms with Gasteiger partial charge in [0.25, 0.3) is 5.56 Å².